The van der Waals surface area contributed by atoms with Crippen molar-refractivity contribution in [2.45, 2.75) is 30.1 Å². The summed E-state index contributed by atoms with van der Waals surface area (Å²) in [4.78, 5) is 15.3. The number of rotatable bonds is 9. The molecule has 0 bridgehead atoms. The van der Waals surface area contributed by atoms with E-state index in [9.17, 15) is 21.6 Å². The van der Waals surface area contributed by atoms with Gasteiger partial charge in [-0.2, -0.15) is 0 Å². The Kier molecular flexibility index (Phi) is 7.82. The summed E-state index contributed by atoms with van der Waals surface area (Å²) in [6.45, 7) is 3.83. The molecule has 1 aliphatic rings. The third-order valence-electron chi connectivity index (χ3n) is 6.35. The molecule has 38 heavy (non-hydrogen) atoms. The van der Waals surface area contributed by atoms with Crippen LogP contribution in [0.25, 0.3) is 0 Å². The lowest BCUT2D eigenvalue weighted by Crippen LogP contribution is -2.42. The topological polar surface area (TPSA) is 104 Å². The Morgan fingerprint density at radius 2 is 1.58 bits per heavy atom. The minimum atomic E-state index is -4.13. The van der Waals surface area contributed by atoms with Crippen LogP contribution in [0.5, 0.6) is 5.75 Å². The maximum Gasteiger partial charge on any atom is 0.264 e. The Morgan fingerprint density at radius 1 is 0.921 bits per heavy atom. The average molecular weight is 558 g/mol. The van der Waals surface area contributed by atoms with Gasteiger partial charge < -0.3 is 9.64 Å². The normalized spacial score (nSPS) is 13.4. The van der Waals surface area contributed by atoms with Crippen molar-refractivity contribution in [2.75, 3.05) is 43.0 Å². The highest BCUT2D eigenvalue weighted by molar-refractivity contribution is 7.93. The summed E-state index contributed by atoms with van der Waals surface area (Å²) in [5.74, 6) is -0.0900. The molecule has 0 aliphatic carbocycles. The zero-order valence-electron chi connectivity index (χ0n) is 21.8. The van der Waals surface area contributed by atoms with E-state index in [4.69, 9.17) is 4.74 Å². The van der Waals surface area contributed by atoms with Gasteiger partial charge in [-0.05, 0) is 68.3 Å². The Balaban J connectivity index is 1.72. The lowest BCUT2D eigenvalue weighted by molar-refractivity contribution is -0.117. The first-order valence-electron chi connectivity index (χ1n) is 12.1. The van der Waals surface area contributed by atoms with E-state index in [1.165, 1.54) is 37.2 Å². The molecule has 202 valence electrons. The summed E-state index contributed by atoms with van der Waals surface area (Å²) in [7, 11) is -4.83. The van der Waals surface area contributed by atoms with E-state index in [2.05, 4.69) is 0 Å². The Morgan fingerprint density at radius 3 is 2.24 bits per heavy atom. The van der Waals surface area contributed by atoms with Crippen LogP contribution in [0.3, 0.4) is 0 Å². The Bertz CT molecular complexity index is 1550. The average Bonchev–Trinajstić information content (AvgIpc) is 3.31. The third kappa shape index (κ3) is 5.27. The van der Waals surface area contributed by atoms with E-state index in [-0.39, 0.29) is 15.5 Å². The maximum absolute atomic E-state index is 13.8. The molecule has 3 aromatic carbocycles. The first-order valence-corrected chi connectivity index (χ1v) is 15.0. The van der Waals surface area contributed by atoms with Crippen molar-refractivity contribution < 1.29 is 26.4 Å². The number of carbonyl (C=O) groups is 1. The molecule has 0 fully saturated rings. The molecule has 1 heterocycles. The first-order chi connectivity index (χ1) is 18.0. The van der Waals surface area contributed by atoms with Gasteiger partial charge in [-0.25, -0.2) is 21.1 Å². The molecule has 1 aliphatic heterocycles. The molecule has 0 aromatic heterocycles. The number of amides is 1. The number of carbonyl (C=O) groups excluding carboxylic acids is 1. The van der Waals surface area contributed by atoms with E-state index < -0.39 is 32.5 Å². The number of ether oxygens (including phenoxy) is 1. The zero-order valence-corrected chi connectivity index (χ0v) is 23.4. The van der Waals surface area contributed by atoms with Gasteiger partial charge >= 0.3 is 0 Å². The Hall–Kier alpha value is -3.41. The number of benzene rings is 3. The zero-order chi connectivity index (χ0) is 27.7. The van der Waals surface area contributed by atoms with Crippen molar-refractivity contribution in [3.05, 3.63) is 77.9 Å². The van der Waals surface area contributed by atoms with Gasteiger partial charge in [0.25, 0.3) is 10.0 Å². The van der Waals surface area contributed by atoms with Crippen molar-refractivity contribution >= 4 is 37.3 Å². The van der Waals surface area contributed by atoms with Crippen LogP contribution in [0, 0.1) is 6.92 Å². The van der Waals surface area contributed by atoms with Crippen LogP contribution < -0.4 is 13.9 Å². The molecule has 0 saturated heterocycles. The summed E-state index contributed by atoms with van der Waals surface area (Å²) < 4.78 is 60.7. The highest BCUT2D eigenvalue weighted by Gasteiger charge is 2.33. The van der Waals surface area contributed by atoms with E-state index >= 15 is 0 Å². The molecule has 3 aromatic rings. The second-order valence-corrected chi connectivity index (χ2v) is 13.1. The molecule has 9 nitrogen and oxygen atoms in total. The molecule has 4 rings (SSSR count). The van der Waals surface area contributed by atoms with Gasteiger partial charge in [-0.1, -0.05) is 29.8 Å². The fourth-order valence-corrected chi connectivity index (χ4v) is 6.67. The van der Waals surface area contributed by atoms with Crippen molar-refractivity contribution in [2.24, 2.45) is 0 Å². The fraction of sp³-hybridized carbons (Fsp3) is 0.296. The molecule has 11 heteroatoms. The summed E-state index contributed by atoms with van der Waals surface area (Å²) in [5, 5.41) is 0. The van der Waals surface area contributed by atoms with Crippen LogP contribution in [0.1, 0.15) is 18.1 Å². The number of fused-ring (bicyclic) bond motifs is 1. The van der Waals surface area contributed by atoms with Crippen LogP contribution >= 0.6 is 0 Å². The largest absolute Gasteiger partial charge is 0.492 e. The van der Waals surface area contributed by atoms with Crippen molar-refractivity contribution in [3.63, 3.8) is 0 Å². The number of nitrogens with zero attached hydrogens (tertiary/aromatic N) is 3. The minimum absolute atomic E-state index is 0.0579. The molecular formula is C27H31N3O6S2. The number of sulfonamides is 2. The van der Waals surface area contributed by atoms with Crippen molar-refractivity contribution in [1.29, 1.82) is 0 Å². The third-order valence-corrected chi connectivity index (χ3v) is 9.93. The van der Waals surface area contributed by atoms with E-state index in [0.717, 1.165) is 14.2 Å². The van der Waals surface area contributed by atoms with E-state index in [1.807, 2.05) is 6.92 Å². The summed E-state index contributed by atoms with van der Waals surface area (Å²) in [6, 6.07) is 17.8. The maximum atomic E-state index is 13.8. The van der Waals surface area contributed by atoms with E-state index in [0.29, 0.717) is 36.6 Å². The van der Waals surface area contributed by atoms with Gasteiger partial charge in [0.05, 0.1) is 22.1 Å². The number of para-hydroxylation sites is 2. The summed E-state index contributed by atoms with van der Waals surface area (Å²) >= 11 is 0. The molecule has 0 unspecified atom stereocenters. The number of aryl methyl sites for hydroxylation is 1. The second-order valence-electron chi connectivity index (χ2n) is 9.10. The van der Waals surface area contributed by atoms with Crippen LogP contribution in [0.2, 0.25) is 0 Å². The smallest absolute Gasteiger partial charge is 0.264 e. The molecule has 0 N–H and O–H groups in total. The fourth-order valence-electron chi connectivity index (χ4n) is 4.29. The minimum Gasteiger partial charge on any atom is -0.492 e. The van der Waals surface area contributed by atoms with Crippen LogP contribution in [0.4, 0.5) is 11.4 Å². The highest BCUT2D eigenvalue weighted by atomic mass is 32.2. The number of hydrogen-bond donors (Lipinski definition) is 0. The van der Waals surface area contributed by atoms with Gasteiger partial charge in [-0.3, -0.25) is 9.10 Å². The number of anilines is 2. The predicted octanol–water partition coefficient (Wildman–Crippen LogP) is 3.43. The second kappa shape index (κ2) is 10.8. The van der Waals surface area contributed by atoms with Gasteiger partial charge in [0.15, 0.2) is 0 Å². The van der Waals surface area contributed by atoms with Crippen molar-refractivity contribution in [3.8, 4) is 5.75 Å². The lowest BCUT2D eigenvalue weighted by Gasteiger charge is -2.28. The number of hydrogen-bond acceptors (Lipinski definition) is 6. The van der Waals surface area contributed by atoms with E-state index in [1.54, 1.807) is 55.5 Å². The van der Waals surface area contributed by atoms with Gasteiger partial charge in [0, 0.05) is 26.3 Å². The van der Waals surface area contributed by atoms with Crippen LogP contribution in [-0.4, -0.2) is 60.8 Å². The Labute approximate surface area is 224 Å². The molecule has 0 radical (unpaired) electrons. The van der Waals surface area contributed by atoms with Gasteiger partial charge in [0.2, 0.25) is 15.9 Å². The predicted molar refractivity (Wildman–Crippen MR) is 147 cm³/mol. The SMILES string of the molecule is CCOc1ccccc1N(CC(=O)N1CCc2cc(S(=O)(=O)N(C)C)ccc21)S(=O)(=O)c1ccc(C)cc1. The summed E-state index contributed by atoms with van der Waals surface area (Å²) in [6.07, 6.45) is 0.456. The lowest BCUT2D eigenvalue weighted by atomic mass is 10.2. The van der Waals surface area contributed by atoms with Gasteiger partial charge in [-0.15, -0.1) is 0 Å². The van der Waals surface area contributed by atoms with Crippen molar-refractivity contribution in [1.82, 2.24) is 4.31 Å². The monoisotopic (exact) mass is 557 g/mol. The molecule has 0 spiro atoms. The molecule has 0 saturated carbocycles. The highest BCUT2D eigenvalue weighted by Crippen LogP contribution is 2.35. The summed E-state index contributed by atoms with van der Waals surface area (Å²) in [5.41, 5.74) is 2.45. The van der Waals surface area contributed by atoms with Gasteiger partial charge in [0.1, 0.15) is 12.3 Å². The molecular weight excluding hydrogens is 526 g/mol. The standard InChI is InChI=1S/C27H31N3O6S2/c1-5-36-26-9-7-6-8-25(26)30(38(34,35)22-12-10-20(2)11-13-22)19-27(31)29-17-16-21-18-23(14-15-24(21)29)37(32,33)28(3)4/h6-15,18H,5,16-17,19H2,1-4H3. The quantitative estimate of drug-likeness (QED) is 0.399. The molecule has 1 amide bonds. The van der Waals surface area contributed by atoms with Crippen LogP contribution in [0.15, 0.2) is 76.5 Å². The first kappa shape index (κ1) is 27.6. The molecule has 0 atom stereocenters. The van der Waals surface area contributed by atoms with Crippen LogP contribution in [-0.2, 0) is 31.3 Å².